The predicted octanol–water partition coefficient (Wildman–Crippen LogP) is 4.51. The normalized spacial score (nSPS) is 18.7. The molecule has 0 fully saturated rings. The molecule has 1 heterocycles. The maximum Gasteiger partial charge on any atom is 0.431 e. The molecule has 1 aromatic rings. The number of aliphatic imine (C=N–C) groups is 1. The zero-order chi connectivity index (χ0) is 22.3. The van der Waals surface area contributed by atoms with Gasteiger partial charge in [-0.15, -0.1) is 0 Å². The van der Waals surface area contributed by atoms with Crippen LogP contribution in [-0.4, -0.2) is 35.8 Å². The number of fused-ring (bicyclic) bond motifs is 1. The van der Waals surface area contributed by atoms with Crippen molar-refractivity contribution in [1.82, 2.24) is 5.48 Å². The summed E-state index contributed by atoms with van der Waals surface area (Å²) in [4.78, 5) is 21.9. The number of ether oxygens (including phenoxy) is 2. The van der Waals surface area contributed by atoms with Gasteiger partial charge in [0.1, 0.15) is 29.4 Å². The Morgan fingerprint density at radius 3 is 2.73 bits per heavy atom. The number of hydrogen-bond donors (Lipinski definition) is 2. The van der Waals surface area contributed by atoms with E-state index in [1.807, 2.05) is 19.1 Å². The van der Waals surface area contributed by atoms with Crippen molar-refractivity contribution in [2.24, 2.45) is 10.7 Å². The number of amidine groups is 1. The first-order valence-corrected chi connectivity index (χ1v) is 10.9. The Kier molecular flexibility index (Phi) is 8.53. The number of aryl methyl sites for hydroxylation is 1. The second-order valence-electron chi connectivity index (χ2n) is 8.81. The first-order valence-electron chi connectivity index (χ1n) is 10.9. The number of nitrogens with one attached hydrogen (secondary N) is 1. The molecule has 168 valence electrons. The molecule has 1 aliphatic rings. The zero-order valence-corrected chi connectivity index (χ0v) is 19.2. The standard InChI is InChI=1S/C23H37N3O4/c1-7-9-18(8-2)25-21(24)17-11-13-20-16(14-17)10-12-19(28-20)15(3)30-26-22(27)29-23(4,5)6/h11,13-15,18-19H,7-10,12H2,1-6H3,(H2,24,25)(H,26,27). The average molecular weight is 420 g/mol. The van der Waals surface area contributed by atoms with Crippen molar-refractivity contribution in [2.45, 2.75) is 97.5 Å². The highest BCUT2D eigenvalue weighted by Crippen LogP contribution is 2.30. The molecule has 3 N–H and O–H groups in total. The van der Waals surface area contributed by atoms with E-state index in [2.05, 4.69) is 25.4 Å². The van der Waals surface area contributed by atoms with Crippen molar-refractivity contribution in [3.05, 3.63) is 29.3 Å². The molecule has 7 nitrogen and oxygen atoms in total. The molecule has 1 amide bonds. The van der Waals surface area contributed by atoms with Gasteiger partial charge in [-0.1, -0.05) is 20.3 Å². The van der Waals surface area contributed by atoms with Crippen LogP contribution >= 0.6 is 0 Å². The van der Waals surface area contributed by atoms with Crippen molar-refractivity contribution in [2.75, 3.05) is 0 Å². The minimum absolute atomic E-state index is 0.168. The summed E-state index contributed by atoms with van der Waals surface area (Å²) in [5.41, 5.74) is 10.1. The second-order valence-corrected chi connectivity index (χ2v) is 8.81. The van der Waals surface area contributed by atoms with Crippen LogP contribution in [0.2, 0.25) is 0 Å². The summed E-state index contributed by atoms with van der Waals surface area (Å²) in [6.45, 7) is 11.6. The number of rotatable bonds is 8. The average Bonchev–Trinajstić information content (AvgIpc) is 2.69. The second kappa shape index (κ2) is 10.7. The summed E-state index contributed by atoms with van der Waals surface area (Å²) in [7, 11) is 0. The first-order chi connectivity index (χ1) is 14.1. The van der Waals surface area contributed by atoms with Gasteiger partial charge in [0.15, 0.2) is 0 Å². The van der Waals surface area contributed by atoms with Crippen LogP contribution in [-0.2, 0) is 16.0 Å². The SMILES string of the molecule is CCCC(CC)N=C(N)c1ccc2c(c1)CCC(C(C)ONC(=O)OC(C)(C)C)O2. The Bertz CT molecular complexity index is 742. The molecule has 0 saturated carbocycles. The van der Waals surface area contributed by atoms with Crippen molar-refractivity contribution in [1.29, 1.82) is 0 Å². The summed E-state index contributed by atoms with van der Waals surface area (Å²) in [5.74, 6) is 1.40. The molecular weight excluding hydrogens is 382 g/mol. The summed E-state index contributed by atoms with van der Waals surface area (Å²) < 4.78 is 11.3. The van der Waals surface area contributed by atoms with Crippen LogP contribution in [0.4, 0.5) is 4.79 Å². The van der Waals surface area contributed by atoms with Crippen molar-refractivity contribution < 1.29 is 19.1 Å². The Labute approximate surface area is 180 Å². The third-order valence-electron chi connectivity index (χ3n) is 5.00. The Morgan fingerprint density at radius 1 is 1.37 bits per heavy atom. The third-order valence-corrected chi connectivity index (χ3v) is 5.00. The fourth-order valence-corrected chi connectivity index (χ4v) is 3.38. The maximum absolute atomic E-state index is 11.8. The molecule has 3 unspecified atom stereocenters. The van der Waals surface area contributed by atoms with Gasteiger partial charge in [-0.25, -0.2) is 4.79 Å². The molecule has 0 aliphatic carbocycles. The molecule has 3 atom stereocenters. The van der Waals surface area contributed by atoms with E-state index >= 15 is 0 Å². The molecule has 0 aromatic heterocycles. The Morgan fingerprint density at radius 2 is 2.10 bits per heavy atom. The highest BCUT2D eigenvalue weighted by molar-refractivity contribution is 5.98. The number of nitrogens with zero attached hydrogens (tertiary/aromatic N) is 1. The lowest BCUT2D eigenvalue weighted by Gasteiger charge is -2.30. The lowest BCUT2D eigenvalue weighted by Crippen LogP contribution is -2.41. The topological polar surface area (TPSA) is 95.2 Å². The number of hydroxylamine groups is 1. The molecular formula is C23H37N3O4. The van der Waals surface area contributed by atoms with Crippen LogP contribution in [0.1, 0.15) is 78.4 Å². The molecule has 0 radical (unpaired) electrons. The van der Waals surface area contributed by atoms with E-state index in [0.717, 1.165) is 49.0 Å². The molecule has 0 spiro atoms. The highest BCUT2D eigenvalue weighted by atomic mass is 16.7. The molecule has 1 aromatic carbocycles. The highest BCUT2D eigenvalue weighted by Gasteiger charge is 2.27. The first kappa shape index (κ1) is 24.0. The van der Waals surface area contributed by atoms with Crippen molar-refractivity contribution >= 4 is 11.9 Å². The third kappa shape index (κ3) is 7.20. The van der Waals surface area contributed by atoms with Crippen molar-refractivity contribution in [3.8, 4) is 5.75 Å². The quantitative estimate of drug-likeness (QED) is 0.367. The Hall–Kier alpha value is -2.28. The van der Waals surface area contributed by atoms with Gasteiger partial charge in [0.05, 0.1) is 6.04 Å². The van der Waals surface area contributed by atoms with Crippen LogP contribution in [0, 0.1) is 0 Å². The predicted molar refractivity (Wildman–Crippen MR) is 119 cm³/mol. The van der Waals surface area contributed by atoms with Gasteiger partial charge >= 0.3 is 6.09 Å². The van der Waals surface area contributed by atoms with Crippen LogP contribution in [0.15, 0.2) is 23.2 Å². The van der Waals surface area contributed by atoms with E-state index < -0.39 is 11.7 Å². The Balaban J connectivity index is 1.97. The van der Waals surface area contributed by atoms with Gasteiger partial charge in [-0.05, 0) is 77.1 Å². The molecule has 7 heteroatoms. The number of nitrogens with two attached hydrogens (primary N) is 1. The summed E-state index contributed by atoms with van der Waals surface area (Å²) in [6.07, 6.45) is 3.64. The van der Waals surface area contributed by atoms with E-state index in [9.17, 15) is 4.79 Å². The van der Waals surface area contributed by atoms with E-state index in [1.165, 1.54) is 0 Å². The lowest BCUT2D eigenvalue weighted by molar-refractivity contribution is -0.0775. The lowest BCUT2D eigenvalue weighted by atomic mass is 9.97. The van der Waals surface area contributed by atoms with Gasteiger partial charge in [-0.3, -0.25) is 9.83 Å². The molecule has 1 aliphatic heterocycles. The van der Waals surface area contributed by atoms with Gasteiger partial charge in [-0.2, -0.15) is 5.48 Å². The fraction of sp³-hybridized carbons (Fsp3) is 0.652. The smallest absolute Gasteiger partial charge is 0.431 e. The number of carbonyl (C=O) groups is 1. The molecule has 30 heavy (non-hydrogen) atoms. The van der Waals surface area contributed by atoms with Gasteiger partial charge in [0, 0.05) is 5.56 Å². The van der Waals surface area contributed by atoms with E-state index in [0.29, 0.717) is 5.84 Å². The molecule has 0 bridgehead atoms. The fourth-order valence-electron chi connectivity index (χ4n) is 3.38. The number of benzene rings is 1. The van der Waals surface area contributed by atoms with Gasteiger partial charge in [0.25, 0.3) is 0 Å². The number of hydrogen-bond acceptors (Lipinski definition) is 5. The molecule has 0 saturated heterocycles. The van der Waals surface area contributed by atoms with Crippen LogP contribution < -0.4 is 16.0 Å². The van der Waals surface area contributed by atoms with Crippen LogP contribution in [0.5, 0.6) is 5.75 Å². The number of amides is 1. The van der Waals surface area contributed by atoms with Crippen LogP contribution in [0.3, 0.4) is 0 Å². The van der Waals surface area contributed by atoms with Crippen LogP contribution in [0.25, 0.3) is 0 Å². The van der Waals surface area contributed by atoms with Crippen molar-refractivity contribution in [3.63, 3.8) is 0 Å². The largest absolute Gasteiger partial charge is 0.487 e. The van der Waals surface area contributed by atoms with E-state index in [4.69, 9.17) is 25.0 Å². The zero-order valence-electron chi connectivity index (χ0n) is 19.2. The maximum atomic E-state index is 11.8. The summed E-state index contributed by atoms with van der Waals surface area (Å²) in [5, 5.41) is 0. The minimum atomic E-state index is -0.613. The number of carbonyl (C=O) groups excluding carboxylic acids is 1. The monoisotopic (exact) mass is 419 g/mol. The van der Waals surface area contributed by atoms with Gasteiger partial charge < -0.3 is 15.2 Å². The van der Waals surface area contributed by atoms with E-state index in [1.54, 1.807) is 20.8 Å². The van der Waals surface area contributed by atoms with E-state index in [-0.39, 0.29) is 18.2 Å². The summed E-state index contributed by atoms with van der Waals surface area (Å²) >= 11 is 0. The molecule has 2 rings (SSSR count). The van der Waals surface area contributed by atoms with Gasteiger partial charge in [0.2, 0.25) is 0 Å². The minimum Gasteiger partial charge on any atom is -0.487 e. The summed E-state index contributed by atoms with van der Waals surface area (Å²) in [6, 6.07) is 6.21.